The van der Waals surface area contributed by atoms with Gasteiger partial charge in [0.2, 0.25) is 0 Å². The van der Waals surface area contributed by atoms with E-state index in [1.54, 1.807) is 56.4 Å². The summed E-state index contributed by atoms with van der Waals surface area (Å²) in [6.07, 6.45) is 10.8. The Morgan fingerprint density at radius 1 is 0.519 bits per heavy atom. The lowest BCUT2D eigenvalue weighted by atomic mass is 9.92. The van der Waals surface area contributed by atoms with Crippen LogP contribution in [0.25, 0.3) is 0 Å². The normalized spacial score (nSPS) is 13.0. The molecule has 0 aromatic carbocycles. The zero-order chi connectivity index (χ0) is 41.4. The second kappa shape index (κ2) is 21.6. The molecule has 0 aliphatic carbocycles. The van der Waals surface area contributed by atoms with Crippen LogP contribution < -0.4 is 0 Å². The summed E-state index contributed by atoms with van der Waals surface area (Å²) in [4.78, 5) is 22.1. The molecule has 5 aromatic rings. The molecule has 6 heterocycles. The number of rotatable bonds is 0. The van der Waals surface area contributed by atoms with Crippen molar-refractivity contribution in [2.45, 2.75) is 158 Å². The highest BCUT2D eigenvalue weighted by atomic mass is 32.1. The fraction of sp³-hybridized carbons (Fsp3) is 0.610. The number of hydrogen-bond acceptors (Lipinski definition) is 13. The molecule has 0 atom stereocenters. The first kappa shape index (κ1) is 49.4. The molecule has 6 rings (SSSR count). The van der Waals surface area contributed by atoms with Gasteiger partial charge in [-0.25, -0.2) is 15.0 Å². The highest BCUT2D eigenvalue weighted by Gasteiger charge is 2.19. The van der Waals surface area contributed by atoms with E-state index in [1.165, 1.54) is 32.1 Å². The van der Waals surface area contributed by atoms with Crippen LogP contribution in [0, 0.1) is 5.41 Å². The Balaban J connectivity index is 0.000000324. The average Bonchev–Trinajstić information content (AvgIpc) is 3.89. The van der Waals surface area contributed by atoms with Crippen molar-refractivity contribution in [2.75, 3.05) is 0 Å². The summed E-state index contributed by atoms with van der Waals surface area (Å²) in [5.41, 5.74) is 7.89. The summed E-state index contributed by atoms with van der Waals surface area (Å²) >= 11 is 8.17. The fourth-order valence-corrected chi connectivity index (χ4v) is 7.06. The number of aromatic nitrogens is 7. The maximum absolute atomic E-state index is 4.24. The largest absolute Gasteiger partial charge is 0.265 e. The first-order valence-corrected chi connectivity index (χ1v) is 22.4. The molecule has 54 heavy (non-hydrogen) atoms. The van der Waals surface area contributed by atoms with E-state index in [-0.39, 0.29) is 32.5 Å². The van der Waals surface area contributed by atoms with Crippen molar-refractivity contribution in [2.24, 2.45) is 10.4 Å². The molecule has 0 amide bonds. The molecule has 1 aliphatic rings. The van der Waals surface area contributed by atoms with Gasteiger partial charge in [-0.1, -0.05) is 131 Å². The van der Waals surface area contributed by atoms with Crippen molar-refractivity contribution in [3.8, 4) is 0 Å². The van der Waals surface area contributed by atoms with Crippen LogP contribution in [0.3, 0.4) is 0 Å². The topological polar surface area (TPSA) is 103 Å². The maximum Gasteiger partial charge on any atom is 0.147 e. The third-order valence-corrected chi connectivity index (χ3v) is 12.0. The van der Waals surface area contributed by atoms with Crippen molar-refractivity contribution in [3.05, 3.63) is 83.4 Å². The summed E-state index contributed by atoms with van der Waals surface area (Å²) in [5.74, 6) is 0.938. The van der Waals surface area contributed by atoms with Crippen LogP contribution in [0.5, 0.6) is 0 Å². The van der Waals surface area contributed by atoms with Gasteiger partial charge in [0.15, 0.2) is 0 Å². The Morgan fingerprint density at radius 2 is 1.06 bits per heavy atom. The molecule has 5 aromatic heterocycles. The third kappa shape index (κ3) is 20.4. The van der Waals surface area contributed by atoms with Crippen LogP contribution in [-0.2, 0) is 27.1 Å². The SMILES string of the molecule is CC(C)(C)C1=CCC=N1.CC(C)(C)c1cncs1.CC(C)(C)c1nccs1.CC(C)(C)c1nccs1.CC(C)(C)c1ncsn1.CC(C)(C)c1nncs1. The van der Waals surface area contributed by atoms with Gasteiger partial charge >= 0.3 is 0 Å². The van der Waals surface area contributed by atoms with E-state index < -0.39 is 0 Å². The molecule has 8 nitrogen and oxygen atoms in total. The van der Waals surface area contributed by atoms with Gasteiger partial charge in [0.25, 0.3) is 0 Å². The summed E-state index contributed by atoms with van der Waals surface area (Å²) in [5, 5.41) is 15.3. The van der Waals surface area contributed by atoms with E-state index in [4.69, 9.17) is 0 Å². The predicted octanol–water partition coefficient (Wildman–Crippen LogP) is 13.4. The lowest BCUT2D eigenvalue weighted by molar-refractivity contribution is 0.500. The van der Waals surface area contributed by atoms with Crippen LogP contribution in [0.15, 0.2) is 62.6 Å². The Morgan fingerprint density at radius 3 is 1.24 bits per heavy atom. The van der Waals surface area contributed by atoms with Gasteiger partial charge in [-0.2, -0.15) is 4.37 Å². The molecule has 0 unspecified atom stereocenters. The average molecular weight is 831 g/mol. The minimum absolute atomic E-state index is 0.111. The predicted molar refractivity (Wildman–Crippen MR) is 240 cm³/mol. The van der Waals surface area contributed by atoms with Gasteiger partial charge in [-0.15, -0.1) is 55.5 Å². The summed E-state index contributed by atoms with van der Waals surface area (Å²) in [7, 11) is 0. The van der Waals surface area contributed by atoms with Crippen LogP contribution in [0.4, 0.5) is 0 Å². The van der Waals surface area contributed by atoms with Gasteiger partial charge in [0.1, 0.15) is 21.9 Å². The molecule has 0 bridgehead atoms. The Kier molecular flexibility index (Phi) is 19.8. The molecule has 1 aliphatic heterocycles. The smallest absolute Gasteiger partial charge is 0.147 e. The number of allylic oxidation sites excluding steroid dienone is 2. The molecular weight excluding hydrogens is 765 g/mol. The fourth-order valence-electron chi connectivity index (χ4n) is 3.64. The Labute approximate surface area is 347 Å². The quantitative estimate of drug-likeness (QED) is 0.153. The van der Waals surface area contributed by atoms with E-state index in [9.17, 15) is 0 Å². The Bertz CT molecular complexity index is 1440. The van der Waals surface area contributed by atoms with Crippen LogP contribution in [0.1, 0.15) is 157 Å². The van der Waals surface area contributed by atoms with Crippen molar-refractivity contribution in [3.63, 3.8) is 0 Å². The lowest BCUT2D eigenvalue weighted by Gasteiger charge is -2.16. The zero-order valence-corrected chi connectivity index (χ0v) is 40.2. The minimum atomic E-state index is 0.111. The number of thiazole rings is 3. The summed E-state index contributed by atoms with van der Waals surface area (Å²) in [6.45, 7) is 38.9. The monoisotopic (exact) mass is 830 g/mol. The molecule has 0 saturated carbocycles. The molecule has 13 heteroatoms. The van der Waals surface area contributed by atoms with Crippen molar-refractivity contribution < 1.29 is 0 Å². The van der Waals surface area contributed by atoms with E-state index in [0.717, 1.165) is 17.3 Å². The first-order chi connectivity index (χ1) is 24.6. The van der Waals surface area contributed by atoms with Gasteiger partial charge in [-0.3, -0.25) is 9.98 Å². The molecule has 0 N–H and O–H groups in total. The molecular formula is C41H66N8S5. The number of hydrogen-bond donors (Lipinski definition) is 0. The maximum atomic E-state index is 4.24. The van der Waals surface area contributed by atoms with E-state index in [2.05, 4.69) is 170 Å². The van der Waals surface area contributed by atoms with Crippen LogP contribution in [-0.4, -0.2) is 40.7 Å². The van der Waals surface area contributed by atoms with Gasteiger partial charge in [0.05, 0.1) is 15.5 Å². The van der Waals surface area contributed by atoms with E-state index in [0.29, 0.717) is 0 Å². The second-order valence-corrected chi connectivity index (χ2v) is 22.8. The van der Waals surface area contributed by atoms with Crippen molar-refractivity contribution in [1.29, 1.82) is 0 Å². The van der Waals surface area contributed by atoms with Gasteiger partial charge in [0, 0.05) is 79.6 Å². The molecule has 0 fully saturated rings. The van der Waals surface area contributed by atoms with Crippen LogP contribution >= 0.6 is 56.9 Å². The third-order valence-electron chi connectivity index (χ3n) is 6.77. The number of nitrogens with zero attached hydrogens (tertiary/aromatic N) is 8. The Hall–Kier alpha value is -2.58. The first-order valence-electron chi connectivity index (χ1n) is 18.1. The lowest BCUT2D eigenvalue weighted by Crippen LogP contribution is -2.12. The second-order valence-electron chi connectivity index (χ2n) is 18.7. The van der Waals surface area contributed by atoms with Crippen LogP contribution in [0.2, 0.25) is 0 Å². The highest BCUT2D eigenvalue weighted by molar-refractivity contribution is 7.10. The zero-order valence-electron chi connectivity index (χ0n) is 36.1. The molecule has 300 valence electrons. The van der Waals surface area contributed by atoms with Crippen molar-refractivity contribution in [1.82, 2.24) is 34.5 Å². The minimum Gasteiger partial charge on any atom is -0.265 e. The summed E-state index contributed by atoms with van der Waals surface area (Å²) < 4.78 is 4.12. The molecule has 0 spiro atoms. The van der Waals surface area contributed by atoms with E-state index in [1.807, 2.05) is 41.1 Å². The molecule has 0 radical (unpaired) electrons. The van der Waals surface area contributed by atoms with Gasteiger partial charge < -0.3 is 0 Å². The summed E-state index contributed by atoms with van der Waals surface area (Å²) in [6, 6.07) is 0. The highest BCUT2D eigenvalue weighted by Crippen LogP contribution is 2.28. The molecule has 0 saturated heterocycles. The van der Waals surface area contributed by atoms with Crippen molar-refractivity contribution >= 4 is 63.1 Å². The van der Waals surface area contributed by atoms with Gasteiger partial charge in [-0.05, 0) is 16.9 Å². The number of aliphatic imine (C=N–C) groups is 1. The standard InChI is InChI=1S/C8H13N.3C7H11NS.2C6H10N2S/c1-8(2,3)7-5-4-6-9-7;1-7(2,3)6-4-8-5-9-6;2*1-7(2,3)6-8-4-5-9-6;1-6(2,3)5-8-7-4-9-5;1-6(2,3)5-7-4-9-8-5/h5-6H,4H2,1-3H3;3*4-5H,1-3H3;2*4H,1-3H3. The van der Waals surface area contributed by atoms with E-state index >= 15 is 0 Å².